The first-order valence-corrected chi connectivity index (χ1v) is 11.8. The number of urea groups is 1. The lowest BCUT2D eigenvalue weighted by Crippen LogP contribution is -2.31. The van der Waals surface area contributed by atoms with Gasteiger partial charge in [-0.2, -0.15) is 0 Å². The second kappa shape index (κ2) is 11.3. The summed E-state index contributed by atoms with van der Waals surface area (Å²) in [5.74, 6) is -0.785. The number of carbonyl (C=O) groups is 1. The van der Waals surface area contributed by atoms with Crippen LogP contribution in [-0.4, -0.2) is 42.0 Å². The fourth-order valence-electron chi connectivity index (χ4n) is 3.66. The molecule has 198 valence electrons. The molecule has 2 aromatic heterocycles. The van der Waals surface area contributed by atoms with Crippen molar-refractivity contribution in [3.05, 3.63) is 47.5 Å². The number of sulfone groups is 1. The zero-order valence-electron chi connectivity index (χ0n) is 18.4. The van der Waals surface area contributed by atoms with E-state index in [-0.39, 0.29) is 38.1 Å². The molecule has 35 heavy (non-hydrogen) atoms. The second-order valence-electron chi connectivity index (χ2n) is 7.72. The summed E-state index contributed by atoms with van der Waals surface area (Å²) < 4.78 is 72.1. The van der Waals surface area contributed by atoms with Crippen molar-refractivity contribution in [1.82, 2.24) is 15.3 Å². The summed E-state index contributed by atoms with van der Waals surface area (Å²) in [5.41, 5.74) is 0.770. The van der Waals surface area contributed by atoms with E-state index in [1.54, 1.807) is 13.8 Å². The minimum atomic E-state index is -3.02. The Morgan fingerprint density at radius 3 is 2.49 bits per heavy atom. The summed E-state index contributed by atoms with van der Waals surface area (Å²) in [7, 11) is -3.02. The highest BCUT2D eigenvalue weighted by Crippen LogP contribution is 2.31. The van der Waals surface area contributed by atoms with Crippen LogP contribution in [0.1, 0.15) is 35.0 Å². The predicted molar refractivity (Wildman–Crippen MR) is 125 cm³/mol. The lowest BCUT2D eigenvalue weighted by Gasteiger charge is -2.14. The third-order valence-corrected chi connectivity index (χ3v) is 6.98. The Labute approximate surface area is 200 Å². The molecule has 2 atom stereocenters. The van der Waals surface area contributed by atoms with Crippen LogP contribution in [0.3, 0.4) is 0 Å². The zero-order valence-corrected chi connectivity index (χ0v) is 19.3. The molecule has 4 rings (SSSR count). The third-order valence-electron chi connectivity index (χ3n) is 5.21. The van der Waals surface area contributed by atoms with Gasteiger partial charge in [-0.3, -0.25) is 4.70 Å². The molecular formula is C20H28F5N5O4S. The van der Waals surface area contributed by atoms with E-state index in [1.807, 2.05) is 0 Å². The molecular weight excluding hydrogens is 501 g/mol. The molecule has 15 heteroatoms. The second-order valence-corrected chi connectivity index (χ2v) is 9.94. The van der Waals surface area contributed by atoms with E-state index in [0.717, 1.165) is 6.07 Å². The number of furan rings is 1. The molecule has 0 aliphatic carbocycles. The van der Waals surface area contributed by atoms with Crippen molar-refractivity contribution in [2.75, 3.05) is 22.1 Å². The SMILES string of the molecule is Cc1c([C@@H](C)NC(=O)Nc2cnc(N[C@@H]3CCS(=O)(=O)C3)nc2)oc2c(F)cc(F)cc12.F.FF.[HH].[HH].[HH]. The molecule has 0 unspecified atom stereocenters. The molecule has 1 saturated heterocycles. The van der Waals surface area contributed by atoms with E-state index in [0.29, 0.717) is 28.8 Å². The molecule has 3 aromatic rings. The molecule has 2 amide bonds. The van der Waals surface area contributed by atoms with Crippen LogP contribution in [0.5, 0.6) is 0 Å². The van der Waals surface area contributed by atoms with Gasteiger partial charge in [-0.05, 0) is 26.3 Å². The van der Waals surface area contributed by atoms with E-state index in [4.69, 9.17) is 13.6 Å². The topological polar surface area (TPSA) is 126 Å². The van der Waals surface area contributed by atoms with Gasteiger partial charge in [0.15, 0.2) is 21.2 Å². The Bertz CT molecular complexity index is 1300. The number of hydrogen-bond acceptors (Lipinski definition) is 7. The predicted octanol–water partition coefficient (Wildman–Crippen LogP) is 5.02. The summed E-state index contributed by atoms with van der Waals surface area (Å²) in [6.07, 6.45) is 3.25. The number of benzene rings is 1. The van der Waals surface area contributed by atoms with Crippen LogP contribution in [0.2, 0.25) is 0 Å². The van der Waals surface area contributed by atoms with Crippen LogP contribution in [0.25, 0.3) is 11.0 Å². The fourth-order valence-corrected chi connectivity index (χ4v) is 5.34. The molecule has 0 radical (unpaired) electrons. The first-order valence-electron chi connectivity index (χ1n) is 10.00. The number of hydrogen-bond donors (Lipinski definition) is 3. The first kappa shape index (κ1) is 27.8. The Balaban J connectivity index is 0. The number of anilines is 2. The molecule has 0 spiro atoms. The molecule has 1 aliphatic rings. The van der Waals surface area contributed by atoms with Crippen molar-refractivity contribution in [2.24, 2.45) is 0 Å². The molecule has 1 aliphatic heterocycles. The third kappa shape index (κ3) is 6.55. The number of fused-ring (bicyclic) bond motifs is 1. The normalized spacial score (nSPS) is 17.0. The highest BCUT2D eigenvalue weighted by Gasteiger charge is 2.28. The number of aryl methyl sites for hydroxylation is 1. The van der Waals surface area contributed by atoms with Gasteiger partial charge >= 0.3 is 6.03 Å². The maximum atomic E-state index is 14.0. The van der Waals surface area contributed by atoms with Gasteiger partial charge < -0.3 is 20.4 Å². The van der Waals surface area contributed by atoms with Gasteiger partial charge in [0.2, 0.25) is 5.95 Å². The van der Waals surface area contributed by atoms with Crippen LogP contribution in [0.4, 0.5) is 39.1 Å². The molecule has 0 saturated carbocycles. The van der Waals surface area contributed by atoms with E-state index < -0.39 is 33.5 Å². The van der Waals surface area contributed by atoms with Crippen molar-refractivity contribution in [1.29, 1.82) is 0 Å². The van der Waals surface area contributed by atoms with E-state index >= 15 is 0 Å². The van der Waals surface area contributed by atoms with Crippen molar-refractivity contribution in [2.45, 2.75) is 32.4 Å². The van der Waals surface area contributed by atoms with E-state index in [9.17, 15) is 22.0 Å². The van der Waals surface area contributed by atoms with Gasteiger partial charge in [0.05, 0.1) is 35.6 Å². The monoisotopic (exact) mass is 529 g/mol. The minimum absolute atomic E-state index is 0. The summed E-state index contributed by atoms with van der Waals surface area (Å²) >= 11 is 0. The molecule has 9 nitrogen and oxygen atoms in total. The molecule has 3 heterocycles. The average molecular weight is 530 g/mol. The number of nitrogens with zero attached hydrogens (tertiary/aromatic N) is 2. The molecule has 1 aromatic carbocycles. The van der Waals surface area contributed by atoms with Gasteiger partial charge in [-0.15, -0.1) is 0 Å². The highest BCUT2D eigenvalue weighted by atomic mass is 32.2. The Morgan fingerprint density at radius 2 is 1.89 bits per heavy atom. The fraction of sp³-hybridized carbons (Fsp3) is 0.350. The minimum Gasteiger partial charge on any atom is -0.456 e. The summed E-state index contributed by atoms with van der Waals surface area (Å²) in [5, 5.41) is 8.50. The zero-order chi connectivity index (χ0) is 25.0. The lowest BCUT2D eigenvalue weighted by atomic mass is 10.1. The molecule has 1 fully saturated rings. The van der Waals surface area contributed by atoms with Gasteiger partial charge in [0.1, 0.15) is 11.6 Å². The molecule has 0 bridgehead atoms. The number of nitrogens with one attached hydrogen (secondary N) is 3. The van der Waals surface area contributed by atoms with Gasteiger partial charge in [-0.25, -0.2) is 32.0 Å². The van der Waals surface area contributed by atoms with Crippen molar-refractivity contribution in [3.63, 3.8) is 0 Å². The van der Waals surface area contributed by atoms with Crippen LogP contribution in [-0.2, 0) is 9.84 Å². The number of aromatic nitrogens is 2. The standard InChI is InChI=1S/C20H21F2N5O4S.F2.FH.3H2/c1-10-15-5-12(21)6-16(22)18(15)31-17(10)11(2)25-20(28)27-14-7-23-19(24-8-14)26-13-3-4-32(29,30)9-13;1-2;;;;/h5-8,11,13H,3-4,9H2,1-2H3,(H,23,24,26)(H2,25,27,28);;4*1H/t11-,13-;;;;;/m1...../s1. The maximum Gasteiger partial charge on any atom is 0.319 e. The van der Waals surface area contributed by atoms with Gasteiger partial charge in [0.25, 0.3) is 0 Å². The van der Waals surface area contributed by atoms with Crippen LogP contribution in [0.15, 0.2) is 28.9 Å². The molecule has 3 N–H and O–H groups in total. The summed E-state index contributed by atoms with van der Waals surface area (Å²) in [4.78, 5) is 20.5. The number of carbonyl (C=O) groups excluding carboxylic acids is 1. The smallest absolute Gasteiger partial charge is 0.319 e. The van der Waals surface area contributed by atoms with Crippen LogP contribution in [0, 0.1) is 18.6 Å². The number of halogens is 5. The Hall–Kier alpha value is -3.49. The maximum absolute atomic E-state index is 14.0. The first-order chi connectivity index (χ1) is 16.1. The lowest BCUT2D eigenvalue weighted by molar-refractivity contribution is 0.108. The summed E-state index contributed by atoms with van der Waals surface area (Å²) in [6.45, 7) is 3.31. The van der Waals surface area contributed by atoms with E-state index in [2.05, 4.69) is 25.9 Å². The van der Waals surface area contributed by atoms with Gasteiger partial charge in [0, 0.05) is 36.5 Å². The Kier molecular flexibility index (Phi) is 8.95. The van der Waals surface area contributed by atoms with Crippen molar-refractivity contribution >= 4 is 38.5 Å². The quantitative estimate of drug-likeness (QED) is 0.396. The average Bonchev–Trinajstić information content (AvgIpc) is 3.30. The summed E-state index contributed by atoms with van der Waals surface area (Å²) in [6, 6.07) is 0.477. The van der Waals surface area contributed by atoms with E-state index in [1.165, 1.54) is 18.5 Å². The number of rotatable bonds is 5. The largest absolute Gasteiger partial charge is 0.456 e. The highest BCUT2D eigenvalue weighted by molar-refractivity contribution is 7.91. The number of amides is 2. The van der Waals surface area contributed by atoms with Crippen molar-refractivity contribution in [3.8, 4) is 0 Å². The van der Waals surface area contributed by atoms with Crippen molar-refractivity contribution < 1.29 is 44.5 Å². The van der Waals surface area contributed by atoms with Crippen LogP contribution >= 0.6 is 0 Å². The van der Waals surface area contributed by atoms with Crippen LogP contribution < -0.4 is 16.0 Å². The van der Waals surface area contributed by atoms with Gasteiger partial charge in [-0.1, -0.05) is 0 Å². The Morgan fingerprint density at radius 1 is 1.23 bits per heavy atom.